The molecule has 68 valence electrons. The van der Waals surface area contributed by atoms with Crippen LogP contribution in [0.15, 0.2) is 11.4 Å². The molecule has 1 atom stereocenters. The van der Waals surface area contributed by atoms with Gasteiger partial charge in [-0.15, -0.1) is 23.7 Å². The van der Waals surface area contributed by atoms with Crippen LogP contribution in [0.5, 0.6) is 0 Å². The highest BCUT2D eigenvalue weighted by molar-refractivity contribution is 7.10. The van der Waals surface area contributed by atoms with Gasteiger partial charge in [-0.1, -0.05) is 0 Å². The summed E-state index contributed by atoms with van der Waals surface area (Å²) in [5.74, 6) is 0.792. The maximum Gasteiger partial charge on any atom is 0.00209 e. The molecule has 0 aromatic carbocycles. The topological polar surface area (TPSA) is 12.0 Å². The Bertz CT molecular complexity index is 240. The van der Waals surface area contributed by atoms with Crippen molar-refractivity contribution in [2.75, 3.05) is 13.1 Å². The molecule has 1 N–H and O–H groups in total. The highest BCUT2D eigenvalue weighted by atomic mass is 35.5. The van der Waals surface area contributed by atoms with Crippen LogP contribution in [0, 0.1) is 6.92 Å². The maximum atomic E-state index is 3.38. The second kappa shape index (κ2) is 4.26. The van der Waals surface area contributed by atoms with E-state index in [-0.39, 0.29) is 12.4 Å². The lowest BCUT2D eigenvalue weighted by Gasteiger charge is -2.03. The number of aryl methyl sites for hydroxylation is 1. The van der Waals surface area contributed by atoms with E-state index >= 15 is 0 Å². The monoisotopic (exact) mass is 203 g/mol. The lowest BCUT2D eigenvalue weighted by Crippen LogP contribution is -2.07. The third-order valence-electron chi connectivity index (χ3n) is 2.28. The number of nitrogens with one attached hydrogen (secondary N) is 1. The van der Waals surface area contributed by atoms with Crippen LogP contribution in [0.4, 0.5) is 0 Å². The summed E-state index contributed by atoms with van der Waals surface area (Å²) in [7, 11) is 0. The second-order valence-electron chi connectivity index (χ2n) is 3.18. The first kappa shape index (κ1) is 10.0. The van der Waals surface area contributed by atoms with E-state index in [1.165, 1.54) is 30.0 Å². The summed E-state index contributed by atoms with van der Waals surface area (Å²) in [5, 5.41) is 5.68. The lowest BCUT2D eigenvalue weighted by molar-refractivity contribution is 0.766. The van der Waals surface area contributed by atoms with E-state index in [1.54, 1.807) is 0 Å². The lowest BCUT2D eigenvalue weighted by atomic mass is 10.0. The number of thiophene rings is 1. The molecule has 0 saturated carbocycles. The minimum absolute atomic E-state index is 0. The van der Waals surface area contributed by atoms with Crippen molar-refractivity contribution >= 4 is 23.7 Å². The SMILES string of the molecule is Cc1cc(C2CCNC2)cs1.Cl. The van der Waals surface area contributed by atoms with Crippen LogP contribution in [0.2, 0.25) is 0 Å². The molecule has 2 rings (SSSR count). The third kappa shape index (κ3) is 2.00. The first-order valence-electron chi connectivity index (χ1n) is 4.12. The van der Waals surface area contributed by atoms with Crippen molar-refractivity contribution < 1.29 is 0 Å². The summed E-state index contributed by atoms with van der Waals surface area (Å²) in [6.07, 6.45) is 1.32. The molecule has 12 heavy (non-hydrogen) atoms. The van der Waals surface area contributed by atoms with E-state index in [4.69, 9.17) is 0 Å². The van der Waals surface area contributed by atoms with Gasteiger partial charge in [-0.3, -0.25) is 0 Å². The molecule has 1 fully saturated rings. The zero-order valence-corrected chi connectivity index (χ0v) is 8.80. The molecule has 1 aromatic rings. The Morgan fingerprint density at radius 1 is 1.58 bits per heavy atom. The van der Waals surface area contributed by atoms with E-state index in [0.717, 1.165) is 5.92 Å². The molecule has 0 spiro atoms. The summed E-state index contributed by atoms with van der Waals surface area (Å²) in [6.45, 7) is 4.55. The average molecular weight is 204 g/mol. The Morgan fingerprint density at radius 2 is 2.42 bits per heavy atom. The van der Waals surface area contributed by atoms with Crippen molar-refractivity contribution in [3.8, 4) is 0 Å². The van der Waals surface area contributed by atoms with Crippen LogP contribution in [-0.4, -0.2) is 13.1 Å². The van der Waals surface area contributed by atoms with Crippen molar-refractivity contribution in [3.05, 3.63) is 21.9 Å². The fourth-order valence-electron chi connectivity index (χ4n) is 1.62. The molecule has 1 nitrogen and oxygen atoms in total. The number of hydrogen-bond acceptors (Lipinski definition) is 2. The molecule has 0 aliphatic carbocycles. The molecular formula is C9H14ClNS. The Balaban J connectivity index is 0.000000720. The van der Waals surface area contributed by atoms with E-state index in [2.05, 4.69) is 23.7 Å². The Morgan fingerprint density at radius 3 is 2.92 bits per heavy atom. The van der Waals surface area contributed by atoms with Crippen LogP contribution in [0.3, 0.4) is 0 Å². The molecule has 1 aromatic heterocycles. The Kier molecular flexibility index (Phi) is 3.56. The Labute approximate surface area is 83.6 Å². The number of hydrogen-bond donors (Lipinski definition) is 1. The van der Waals surface area contributed by atoms with Gasteiger partial charge >= 0.3 is 0 Å². The summed E-state index contributed by atoms with van der Waals surface area (Å²) < 4.78 is 0. The summed E-state index contributed by atoms with van der Waals surface area (Å²) >= 11 is 1.86. The molecule has 1 saturated heterocycles. The molecule has 0 amide bonds. The van der Waals surface area contributed by atoms with Gasteiger partial charge in [0.15, 0.2) is 0 Å². The van der Waals surface area contributed by atoms with Gasteiger partial charge in [-0.2, -0.15) is 0 Å². The van der Waals surface area contributed by atoms with Gasteiger partial charge < -0.3 is 5.32 Å². The fourth-order valence-corrected chi connectivity index (χ4v) is 2.40. The largest absolute Gasteiger partial charge is 0.316 e. The van der Waals surface area contributed by atoms with Gasteiger partial charge in [0.2, 0.25) is 0 Å². The molecule has 1 aliphatic heterocycles. The number of halogens is 1. The van der Waals surface area contributed by atoms with Crippen molar-refractivity contribution in [2.45, 2.75) is 19.3 Å². The van der Waals surface area contributed by atoms with Crippen LogP contribution < -0.4 is 5.32 Å². The van der Waals surface area contributed by atoms with E-state index in [1.807, 2.05) is 11.3 Å². The smallest absolute Gasteiger partial charge is 0.00209 e. The van der Waals surface area contributed by atoms with Gasteiger partial charge in [0.05, 0.1) is 0 Å². The summed E-state index contributed by atoms with van der Waals surface area (Å²) in [6, 6.07) is 2.32. The van der Waals surface area contributed by atoms with Crippen LogP contribution in [0.1, 0.15) is 22.8 Å². The van der Waals surface area contributed by atoms with Crippen LogP contribution in [-0.2, 0) is 0 Å². The van der Waals surface area contributed by atoms with E-state index in [9.17, 15) is 0 Å². The maximum absolute atomic E-state index is 3.38. The highest BCUT2D eigenvalue weighted by Crippen LogP contribution is 2.26. The van der Waals surface area contributed by atoms with Crippen molar-refractivity contribution in [3.63, 3.8) is 0 Å². The molecule has 0 radical (unpaired) electrons. The molecule has 0 bridgehead atoms. The normalized spacial score (nSPS) is 22.2. The third-order valence-corrected chi connectivity index (χ3v) is 3.16. The van der Waals surface area contributed by atoms with Crippen molar-refractivity contribution in [2.24, 2.45) is 0 Å². The molecular weight excluding hydrogens is 190 g/mol. The van der Waals surface area contributed by atoms with Gasteiger partial charge in [0.1, 0.15) is 0 Å². The first-order valence-corrected chi connectivity index (χ1v) is 5.00. The minimum atomic E-state index is 0. The molecule has 2 heterocycles. The number of rotatable bonds is 1. The van der Waals surface area contributed by atoms with Crippen molar-refractivity contribution in [1.29, 1.82) is 0 Å². The predicted molar refractivity (Wildman–Crippen MR) is 56.5 cm³/mol. The second-order valence-corrected chi connectivity index (χ2v) is 4.30. The van der Waals surface area contributed by atoms with E-state index < -0.39 is 0 Å². The summed E-state index contributed by atoms with van der Waals surface area (Å²) in [4.78, 5) is 1.44. The van der Waals surface area contributed by atoms with Gasteiger partial charge in [-0.25, -0.2) is 0 Å². The van der Waals surface area contributed by atoms with Gasteiger partial charge in [0, 0.05) is 11.4 Å². The standard InChI is InChI=1S/C9H13NS.ClH/c1-7-4-9(6-11-7)8-2-3-10-5-8;/h4,6,8,10H,2-3,5H2,1H3;1H. The van der Waals surface area contributed by atoms with Crippen LogP contribution in [0.25, 0.3) is 0 Å². The zero-order valence-electron chi connectivity index (χ0n) is 7.17. The highest BCUT2D eigenvalue weighted by Gasteiger charge is 2.16. The quantitative estimate of drug-likeness (QED) is 0.740. The minimum Gasteiger partial charge on any atom is -0.316 e. The molecule has 3 heteroatoms. The van der Waals surface area contributed by atoms with E-state index in [0.29, 0.717) is 0 Å². The predicted octanol–water partition coefficient (Wildman–Crippen LogP) is 2.56. The molecule has 1 unspecified atom stereocenters. The average Bonchev–Trinajstić information content (AvgIpc) is 2.55. The zero-order chi connectivity index (χ0) is 7.68. The fraction of sp³-hybridized carbons (Fsp3) is 0.556. The van der Waals surface area contributed by atoms with Gasteiger partial charge in [0.25, 0.3) is 0 Å². The Hall–Kier alpha value is -0.0500. The first-order chi connectivity index (χ1) is 5.36. The van der Waals surface area contributed by atoms with Crippen molar-refractivity contribution in [1.82, 2.24) is 5.32 Å². The molecule has 1 aliphatic rings. The summed E-state index contributed by atoms with van der Waals surface area (Å²) in [5.41, 5.74) is 1.54. The van der Waals surface area contributed by atoms with Gasteiger partial charge in [-0.05, 0) is 42.8 Å². The van der Waals surface area contributed by atoms with Crippen LogP contribution >= 0.6 is 23.7 Å².